The van der Waals surface area contributed by atoms with Crippen molar-refractivity contribution in [2.45, 2.75) is 11.9 Å². The lowest BCUT2D eigenvalue weighted by Gasteiger charge is -2.09. The average molecular weight is 294 g/mol. The van der Waals surface area contributed by atoms with Gasteiger partial charge in [-0.15, -0.1) is 11.6 Å². The summed E-state index contributed by atoms with van der Waals surface area (Å²) >= 11 is 6.14. The van der Waals surface area contributed by atoms with Gasteiger partial charge in [-0.2, -0.15) is 5.10 Å². The Hall–Kier alpha value is -1.85. The normalized spacial score (nSPS) is 12.1. The van der Waals surface area contributed by atoms with Crippen molar-refractivity contribution in [2.75, 3.05) is 19.0 Å². The zero-order valence-corrected chi connectivity index (χ0v) is 11.9. The first kappa shape index (κ1) is 14.6. The predicted octanol–water partition coefficient (Wildman–Crippen LogP) is 2.45. The fourth-order valence-corrected chi connectivity index (χ4v) is 1.91. The van der Waals surface area contributed by atoms with Gasteiger partial charge in [-0.1, -0.05) is 30.3 Å². The molecule has 0 bridgehead atoms. The van der Waals surface area contributed by atoms with E-state index >= 15 is 0 Å². The molecule has 0 saturated carbocycles. The van der Waals surface area contributed by atoms with E-state index < -0.39 is 5.38 Å². The van der Waals surface area contributed by atoms with Crippen LogP contribution in [0.1, 0.15) is 10.9 Å². The number of carbonyl (C=O) groups is 1. The van der Waals surface area contributed by atoms with Crippen LogP contribution in [-0.2, 0) is 16.1 Å². The largest absolute Gasteiger partial charge is 0.383 e. The van der Waals surface area contributed by atoms with Crippen molar-refractivity contribution < 1.29 is 9.53 Å². The lowest BCUT2D eigenvalue weighted by molar-refractivity contribution is -0.116. The van der Waals surface area contributed by atoms with Crippen LogP contribution in [0.5, 0.6) is 0 Å². The number of rotatable bonds is 6. The number of nitrogens with zero attached hydrogens (tertiary/aromatic N) is 2. The molecule has 1 N–H and O–H groups in total. The zero-order chi connectivity index (χ0) is 14.4. The molecule has 1 aromatic carbocycles. The second-order valence-corrected chi connectivity index (χ2v) is 4.68. The molecular weight excluding hydrogens is 278 g/mol. The van der Waals surface area contributed by atoms with E-state index in [-0.39, 0.29) is 5.91 Å². The van der Waals surface area contributed by atoms with Gasteiger partial charge in [0, 0.05) is 13.3 Å². The van der Waals surface area contributed by atoms with E-state index in [2.05, 4.69) is 10.4 Å². The van der Waals surface area contributed by atoms with Crippen LogP contribution in [0.4, 0.5) is 5.69 Å². The molecule has 0 aliphatic heterocycles. The predicted molar refractivity (Wildman–Crippen MR) is 77.8 cm³/mol. The number of nitrogens with one attached hydrogen (secondary N) is 1. The molecular formula is C14H16ClN3O2. The molecule has 0 fully saturated rings. The van der Waals surface area contributed by atoms with E-state index in [0.29, 0.717) is 18.8 Å². The Kier molecular flexibility index (Phi) is 5.15. The van der Waals surface area contributed by atoms with E-state index in [0.717, 1.165) is 5.56 Å². The van der Waals surface area contributed by atoms with Gasteiger partial charge < -0.3 is 10.1 Å². The number of hydrogen-bond donors (Lipinski definition) is 1. The van der Waals surface area contributed by atoms with Gasteiger partial charge in [0.2, 0.25) is 5.91 Å². The summed E-state index contributed by atoms with van der Waals surface area (Å²) in [5, 5.41) is 6.14. The quantitative estimate of drug-likeness (QED) is 0.832. The summed E-state index contributed by atoms with van der Waals surface area (Å²) in [5.74, 6) is -0.274. The number of carbonyl (C=O) groups excluding carboxylic acids is 1. The summed E-state index contributed by atoms with van der Waals surface area (Å²) in [7, 11) is 1.63. The molecule has 2 aromatic rings. The number of benzene rings is 1. The summed E-state index contributed by atoms with van der Waals surface area (Å²) in [6, 6.07) is 9.21. The minimum absolute atomic E-state index is 0.274. The van der Waals surface area contributed by atoms with Crippen LogP contribution >= 0.6 is 11.6 Å². The van der Waals surface area contributed by atoms with Gasteiger partial charge >= 0.3 is 0 Å². The van der Waals surface area contributed by atoms with Gasteiger partial charge in [-0.3, -0.25) is 9.48 Å². The molecule has 0 aliphatic carbocycles. The third kappa shape index (κ3) is 3.82. The molecule has 106 valence electrons. The number of alkyl halides is 1. The van der Waals surface area contributed by atoms with E-state index in [4.69, 9.17) is 16.3 Å². The van der Waals surface area contributed by atoms with Gasteiger partial charge in [-0.25, -0.2) is 0 Å². The number of ether oxygens (including phenoxy) is 1. The molecule has 5 nitrogen and oxygen atoms in total. The fraction of sp³-hybridized carbons (Fsp3) is 0.286. The Morgan fingerprint density at radius 3 is 2.90 bits per heavy atom. The summed E-state index contributed by atoms with van der Waals surface area (Å²) in [6.45, 7) is 1.20. The molecule has 6 heteroatoms. The molecule has 1 amide bonds. The monoisotopic (exact) mass is 293 g/mol. The highest BCUT2D eigenvalue weighted by Gasteiger charge is 2.17. The maximum absolute atomic E-state index is 12.0. The zero-order valence-electron chi connectivity index (χ0n) is 11.1. The lowest BCUT2D eigenvalue weighted by Crippen LogP contribution is -2.17. The minimum Gasteiger partial charge on any atom is -0.383 e. The van der Waals surface area contributed by atoms with Crippen LogP contribution in [0.15, 0.2) is 42.7 Å². The van der Waals surface area contributed by atoms with Crippen molar-refractivity contribution in [1.29, 1.82) is 0 Å². The molecule has 0 spiro atoms. The number of methoxy groups -OCH3 is 1. The molecule has 0 aliphatic rings. The highest BCUT2D eigenvalue weighted by molar-refractivity contribution is 6.32. The maximum atomic E-state index is 12.0. The SMILES string of the molecule is COCCn1cc(NC(=O)C(Cl)c2ccccc2)cn1. The van der Waals surface area contributed by atoms with Crippen LogP contribution < -0.4 is 5.32 Å². The molecule has 2 rings (SSSR count). The van der Waals surface area contributed by atoms with Crippen molar-refractivity contribution in [1.82, 2.24) is 9.78 Å². The third-order valence-electron chi connectivity index (χ3n) is 2.75. The number of aromatic nitrogens is 2. The molecule has 0 saturated heterocycles. The summed E-state index contributed by atoms with van der Waals surface area (Å²) in [4.78, 5) is 12.0. The van der Waals surface area contributed by atoms with E-state index in [1.54, 1.807) is 24.2 Å². The van der Waals surface area contributed by atoms with Gasteiger partial charge in [0.25, 0.3) is 0 Å². The van der Waals surface area contributed by atoms with Gasteiger partial charge in [-0.05, 0) is 5.56 Å². The maximum Gasteiger partial charge on any atom is 0.247 e. The summed E-state index contributed by atoms with van der Waals surface area (Å²) < 4.78 is 6.66. The summed E-state index contributed by atoms with van der Waals surface area (Å²) in [6.07, 6.45) is 3.33. The smallest absolute Gasteiger partial charge is 0.247 e. The molecule has 1 heterocycles. The Bertz CT molecular complexity index is 557. The fourth-order valence-electron chi connectivity index (χ4n) is 1.71. The Labute approximate surface area is 122 Å². The second kappa shape index (κ2) is 7.07. The van der Waals surface area contributed by atoms with Crippen LogP contribution in [0.2, 0.25) is 0 Å². The number of anilines is 1. The molecule has 1 unspecified atom stereocenters. The van der Waals surface area contributed by atoms with Crippen molar-refractivity contribution in [3.63, 3.8) is 0 Å². The molecule has 0 radical (unpaired) electrons. The minimum atomic E-state index is -0.724. The number of amides is 1. The van der Waals surface area contributed by atoms with Crippen LogP contribution in [-0.4, -0.2) is 29.4 Å². The lowest BCUT2D eigenvalue weighted by atomic mass is 10.1. The number of halogens is 1. The summed E-state index contributed by atoms with van der Waals surface area (Å²) in [5.41, 5.74) is 1.38. The highest BCUT2D eigenvalue weighted by atomic mass is 35.5. The second-order valence-electron chi connectivity index (χ2n) is 4.25. The van der Waals surface area contributed by atoms with Crippen LogP contribution in [0.3, 0.4) is 0 Å². The third-order valence-corrected chi connectivity index (χ3v) is 3.20. The first-order valence-electron chi connectivity index (χ1n) is 6.22. The average Bonchev–Trinajstić information content (AvgIpc) is 2.92. The van der Waals surface area contributed by atoms with Gasteiger partial charge in [0.05, 0.1) is 25.0 Å². The Morgan fingerprint density at radius 1 is 1.45 bits per heavy atom. The Balaban J connectivity index is 1.95. The molecule has 1 atom stereocenters. The van der Waals surface area contributed by atoms with Gasteiger partial charge in [0.15, 0.2) is 0 Å². The first-order valence-corrected chi connectivity index (χ1v) is 6.65. The van der Waals surface area contributed by atoms with Gasteiger partial charge in [0.1, 0.15) is 5.38 Å². The van der Waals surface area contributed by atoms with Crippen molar-refractivity contribution in [3.8, 4) is 0 Å². The number of hydrogen-bond acceptors (Lipinski definition) is 3. The van der Waals surface area contributed by atoms with Crippen molar-refractivity contribution in [2.24, 2.45) is 0 Å². The first-order chi connectivity index (χ1) is 9.70. The topological polar surface area (TPSA) is 56.1 Å². The van der Waals surface area contributed by atoms with Crippen LogP contribution in [0.25, 0.3) is 0 Å². The van der Waals surface area contributed by atoms with E-state index in [9.17, 15) is 4.79 Å². The van der Waals surface area contributed by atoms with Crippen molar-refractivity contribution >= 4 is 23.2 Å². The molecule has 1 aromatic heterocycles. The van der Waals surface area contributed by atoms with Crippen molar-refractivity contribution in [3.05, 3.63) is 48.3 Å². The highest BCUT2D eigenvalue weighted by Crippen LogP contribution is 2.21. The van der Waals surface area contributed by atoms with E-state index in [1.807, 2.05) is 30.3 Å². The Morgan fingerprint density at radius 2 is 2.20 bits per heavy atom. The molecule has 20 heavy (non-hydrogen) atoms. The standard InChI is InChI=1S/C14H16ClN3O2/c1-20-8-7-18-10-12(9-16-18)17-14(19)13(15)11-5-3-2-4-6-11/h2-6,9-10,13H,7-8H2,1H3,(H,17,19). The van der Waals surface area contributed by atoms with Crippen LogP contribution in [0, 0.1) is 0 Å². The van der Waals surface area contributed by atoms with E-state index in [1.165, 1.54) is 0 Å².